The van der Waals surface area contributed by atoms with Crippen LogP contribution < -0.4 is 0 Å². The van der Waals surface area contributed by atoms with Crippen LogP contribution in [-0.4, -0.2) is 34.7 Å². The molecule has 0 bridgehead atoms. The Morgan fingerprint density at radius 2 is 1.91 bits per heavy atom. The van der Waals surface area contributed by atoms with Gasteiger partial charge in [-0.25, -0.2) is 4.39 Å². The molecule has 0 radical (unpaired) electrons. The average Bonchev–Trinajstić information content (AvgIpc) is 2.91. The topological polar surface area (TPSA) is 38.1 Å². The number of likely N-dealkylation sites (N-methyl/N-ethyl adjacent to an activating group) is 1. The molecule has 0 fully saturated rings. The summed E-state index contributed by atoms with van der Waals surface area (Å²) < 4.78 is 16.0. The number of rotatable bonds is 4. The zero-order valence-electron chi connectivity index (χ0n) is 12.8. The molecule has 2 aromatic rings. The molecule has 0 aliphatic carbocycles. The summed E-state index contributed by atoms with van der Waals surface area (Å²) in [5.74, 6) is -0.0920. The van der Waals surface area contributed by atoms with Crippen molar-refractivity contribution in [3.05, 3.63) is 42.2 Å². The third kappa shape index (κ3) is 3.53. The van der Waals surface area contributed by atoms with E-state index in [2.05, 4.69) is 23.6 Å². The Balaban J connectivity index is 2.52. The smallest absolute Gasteiger partial charge is 0.246 e. The van der Waals surface area contributed by atoms with Gasteiger partial charge in [0, 0.05) is 25.9 Å². The van der Waals surface area contributed by atoms with Gasteiger partial charge in [-0.15, -0.1) is 0 Å². The lowest BCUT2D eigenvalue weighted by Crippen LogP contribution is -2.30. The fraction of sp³-hybridized carbons (Fsp3) is 0.333. The first kappa shape index (κ1) is 17.1. The number of halogens is 1. The van der Waals surface area contributed by atoms with Crippen molar-refractivity contribution in [3.8, 4) is 11.1 Å². The van der Waals surface area contributed by atoms with E-state index in [0.29, 0.717) is 5.56 Å². The van der Waals surface area contributed by atoms with Gasteiger partial charge in [0.15, 0.2) is 5.15 Å². The number of hydrogen-bond acceptors (Lipinski definition) is 2. The molecular weight excluding hydrogens is 319 g/mol. The van der Waals surface area contributed by atoms with Crippen molar-refractivity contribution in [1.29, 1.82) is 0 Å². The minimum atomic E-state index is -1.75. The maximum Gasteiger partial charge on any atom is 0.246 e. The molecule has 3 atom stereocenters. The molecule has 1 aromatic carbocycles. The third-order valence-electron chi connectivity index (χ3n) is 3.37. The van der Waals surface area contributed by atoms with Crippen molar-refractivity contribution >= 4 is 24.4 Å². The van der Waals surface area contributed by atoms with E-state index in [1.54, 1.807) is 27.2 Å². The Kier molecular flexibility index (Phi) is 4.99. The van der Waals surface area contributed by atoms with E-state index in [1.807, 2.05) is 30.3 Å². The molecule has 0 spiro atoms. The normalized spacial score (nSPS) is 13.0. The number of amides is 1. The van der Waals surface area contributed by atoms with Gasteiger partial charge in [0.1, 0.15) is 11.7 Å². The molecule has 0 saturated carbocycles. The number of hydrogen-bond donors (Lipinski definition) is 0. The van der Waals surface area contributed by atoms with E-state index in [1.165, 1.54) is 9.58 Å². The predicted molar refractivity (Wildman–Crippen MR) is 93.3 cm³/mol. The van der Waals surface area contributed by atoms with Crippen LogP contribution in [0.1, 0.15) is 18.7 Å². The maximum atomic E-state index is 14.5. The number of carbonyl (C=O) groups excluding carboxylic acids is 1. The van der Waals surface area contributed by atoms with Crippen LogP contribution in [0.15, 0.2) is 36.5 Å². The summed E-state index contributed by atoms with van der Waals surface area (Å²) in [6.45, 7) is 1.75. The van der Waals surface area contributed by atoms with Gasteiger partial charge in [0.25, 0.3) is 0 Å². The van der Waals surface area contributed by atoms with Crippen LogP contribution in [0.5, 0.6) is 0 Å². The van der Waals surface area contributed by atoms with Gasteiger partial charge >= 0.3 is 0 Å². The van der Waals surface area contributed by atoms with E-state index in [0.717, 1.165) is 5.56 Å². The molecule has 1 heterocycles. The van der Waals surface area contributed by atoms with Crippen molar-refractivity contribution in [2.45, 2.75) is 18.1 Å². The van der Waals surface area contributed by atoms with Crippen LogP contribution in [-0.2, 0) is 9.95 Å². The van der Waals surface area contributed by atoms with Gasteiger partial charge in [0.2, 0.25) is 5.91 Å². The maximum absolute atomic E-state index is 14.5. The summed E-state index contributed by atoms with van der Waals surface area (Å²) in [7, 11) is 7.63. The van der Waals surface area contributed by atoms with Gasteiger partial charge in [-0.3, -0.25) is 9.48 Å². The van der Waals surface area contributed by atoms with Gasteiger partial charge in [-0.2, -0.15) is 5.10 Å². The predicted octanol–water partition coefficient (Wildman–Crippen LogP) is 3.03. The van der Waals surface area contributed by atoms with Crippen molar-refractivity contribution in [1.82, 2.24) is 14.7 Å². The Morgan fingerprint density at radius 1 is 1.32 bits per heavy atom. The summed E-state index contributed by atoms with van der Waals surface area (Å²) in [4.78, 5) is 13.6. The minimum Gasteiger partial charge on any atom is -0.347 e. The van der Waals surface area contributed by atoms with Crippen molar-refractivity contribution in [2.24, 2.45) is 0 Å². The second-order valence-corrected chi connectivity index (χ2v) is 7.76. The lowest BCUT2D eigenvalue weighted by Gasteiger charge is -2.17. The van der Waals surface area contributed by atoms with Crippen molar-refractivity contribution < 1.29 is 9.18 Å². The monoisotopic (exact) mass is 339 g/mol. The third-order valence-corrected chi connectivity index (χ3v) is 3.92. The van der Waals surface area contributed by atoms with Gasteiger partial charge in [-0.05, 0) is 12.5 Å². The molecule has 4 nitrogen and oxygen atoms in total. The summed E-state index contributed by atoms with van der Waals surface area (Å²) >= 11 is 0. The van der Waals surface area contributed by atoms with E-state index in [4.69, 9.17) is 0 Å². The van der Waals surface area contributed by atoms with Crippen LogP contribution in [0.25, 0.3) is 11.1 Å². The molecule has 1 amide bonds. The first-order valence-corrected chi connectivity index (χ1v) is 8.00. The number of aromatic nitrogens is 2. The molecule has 1 aromatic heterocycles. The number of benzene rings is 1. The zero-order valence-corrected chi connectivity index (χ0v) is 15.1. The lowest BCUT2D eigenvalue weighted by molar-refractivity contribution is -0.131. The molecule has 22 heavy (non-hydrogen) atoms. The number of carbonyl (C=O) groups is 1. The second kappa shape index (κ2) is 6.44. The minimum absolute atomic E-state index is 0.0920. The van der Waals surface area contributed by atoms with Gasteiger partial charge in [0.05, 0.1) is 0 Å². The SMILES string of the molecule is CC(C(=O)N(C)C)n1cc(-c2ccccc2)c(C(F)(P)P)n1. The summed E-state index contributed by atoms with van der Waals surface area (Å²) in [5.41, 5.74) is 1.80. The molecule has 3 unspecified atom stereocenters. The molecule has 2 rings (SSSR count). The first-order chi connectivity index (χ1) is 10.2. The van der Waals surface area contributed by atoms with Crippen LogP contribution in [0.2, 0.25) is 0 Å². The van der Waals surface area contributed by atoms with E-state index < -0.39 is 11.2 Å². The van der Waals surface area contributed by atoms with Crippen LogP contribution >= 0.6 is 18.5 Å². The molecule has 7 heteroatoms. The van der Waals surface area contributed by atoms with Crippen LogP contribution in [0.3, 0.4) is 0 Å². The zero-order chi connectivity index (χ0) is 16.5. The quantitative estimate of drug-likeness (QED) is 0.803. The Bertz CT molecular complexity index is 665. The molecule has 0 aliphatic rings. The van der Waals surface area contributed by atoms with E-state index >= 15 is 0 Å². The average molecular weight is 339 g/mol. The highest BCUT2D eigenvalue weighted by atomic mass is 31.1. The Labute approximate surface area is 134 Å². The highest BCUT2D eigenvalue weighted by molar-refractivity contribution is 7.38. The fourth-order valence-corrected chi connectivity index (χ4v) is 2.62. The Morgan fingerprint density at radius 3 is 2.41 bits per heavy atom. The van der Waals surface area contributed by atoms with E-state index in [-0.39, 0.29) is 11.6 Å². The van der Waals surface area contributed by atoms with Gasteiger partial charge in [-0.1, -0.05) is 48.8 Å². The first-order valence-electron chi connectivity index (χ1n) is 6.84. The lowest BCUT2D eigenvalue weighted by atomic mass is 10.1. The summed E-state index contributed by atoms with van der Waals surface area (Å²) in [6, 6.07) is 8.96. The summed E-state index contributed by atoms with van der Waals surface area (Å²) in [6.07, 6.45) is 1.72. The summed E-state index contributed by atoms with van der Waals surface area (Å²) in [5, 5.41) is 2.56. The Hall–Kier alpha value is -1.31. The fourth-order valence-electron chi connectivity index (χ4n) is 2.19. The van der Waals surface area contributed by atoms with Crippen LogP contribution in [0.4, 0.5) is 4.39 Å². The molecule has 0 aliphatic heterocycles. The standard InChI is InChI=1S/C15H20FN3OP2/c1-10(14(20)18(2)3)19-9-12(11-7-5-4-6-8-11)13(17-19)15(16,21)22/h4-10H,21-22H2,1-3H3. The van der Waals surface area contributed by atoms with Crippen LogP contribution in [0, 0.1) is 0 Å². The molecule has 0 saturated heterocycles. The highest BCUT2D eigenvalue weighted by Gasteiger charge is 2.29. The van der Waals surface area contributed by atoms with Crippen molar-refractivity contribution in [3.63, 3.8) is 0 Å². The second-order valence-electron chi connectivity index (χ2n) is 5.41. The largest absolute Gasteiger partial charge is 0.347 e. The van der Waals surface area contributed by atoms with E-state index in [9.17, 15) is 9.18 Å². The number of nitrogens with zero attached hydrogens (tertiary/aromatic N) is 3. The molecule has 118 valence electrons. The number of alkyl halides is 1. The highest BCUT2D eigenvalue weighted by Crippen LogP contribution is 2.44. The van der Waals surface area contributed by atoms with Gasteiger partial charge < -0.3 is 4.90 Å². The molecular formula is C15H20FN3OP2. The van der Waals surface area contributed by atoms with Crippen molar-refractivity contribution in [2.75, 3.05) is 14.1 Å². The molecule has 0 N–H and O–H groups in total.